The molecule has 56 valence electrons. The molecule has 0 saturated carbocycles. The fourth-order valence-corrected chi connectivity index (χ4v) is 0.410. The Bertz CT molecular complexity index is 77.4. The van der Waals surface area contributed by atoms with Gasteiger partial charge in [0.2, 0.25) is 5.91 Å². The lowest BCUT2D eigenvalue weighted by Gasteiger charge is -1.93. The van der Waals surface area contributed by atoms with Crippen molar-refractivity contribution in [2.24, 2.45) is 5.84 Å². The van der Waals surface area contributed by atoms with Crippen LogP contribution in [0.25, 0.3) is 0 Å². The van der Waals surface area contributed by atoms with Crippen molar-refractivity contribution in [2.75, 3.05) is 0 Å². The monoisotopic (exact) mass is 152 g/mol. The van der Waals surface area contributed by atoms with Crippen LogP contribution in [-0.4, -0.2) is 5.91 Å². The second kappa shape index (κ2) is 7.72. The van der Waals surface area contributed by atoms with Gasteiger partial charge in [0.05, 0.1) is 0 Å². The van der Waals surface area contributed by atoms with E-state index in [0.717, 1.165) is 12.8 Å². The Morgan fingerprint density at radius 3 is 2.56 bits per heavy atom. The molecule has 0 spiro atoms. The lowest BCUT2D eigenvalue weighted by molar-refractivity contribution is -0.121. The van der Waals surface area contributed by atoms with Crippen molar-refractivity contribution in [3.8, 4) is 0 Å². The zero-order valence-electron chi connectivity index (χ0n) is 5.52. The Balaban J connectivity index is 0. The Labute approximate surface area is 61.4 Å². The molecular weight excluding hydrogens is 140 g/mol. The second-order valence-corrected chi connectivity index (χ2v) is 1.67. The van der Waals surface area contributed by atoms with E-state index < -0.39 is 0 Å². The molecule has 0 aromatic carbocycles. The summed E-state index contributed by atoms with van der Waals surface area (Å²) < 4.78 is 0. The van der Waals surface area contributed by atoms with Crippen molar-refractivity contribution in [1.82, 2.24) is 5.43 Å². The molecule has 3 nitrogen and oxygen atoms in total. The Morgan fingerprint density at radius 2 is 2.22 bits per heavy atom. The molecule has 0 fully saturated rings. The third kappa shape index (κ3) is 7.72. The Hall–Kier alpha value is -0.280. The van der Waals surface area contributed by atoms with Crippen molar-refractivity contribution < 1.29 is 4.79 Å². The molecule has 0 atom stereocenters. The van der Waals surface area contributed by atoms with Crippen molar-refractivity contribution in [2.45, 2.75) is 26.2 Å². The number of halogens is 1. The highest BCUT2D eigenvalue weighted by molar-refractivity contribution is 5.85. The molecule has 0 rings (SSSR count). The van der Waals surface area contributed by atoms with Crippen molar-refractivity contribution >= 4 is 18.3 Å². The maximum atomic E-state index is 10.3. The number of carbonyl (C=O) groups is 1. The van der Waals surface area contributed by atoms with Gasteiger partial charge in [0, 0.05) is 6.42 Å². The van der Waals surface area contributed by atoms with Crippen LogP contribution in [0, 0.1) is 0 Å². The van der Waals surface area contributed by atoms with Crippen LogP contribution in [0.5, 0.6) is 0 Å². The van der Waals surface area contributed by atoms with Crippen LogP contribution in [-0.2, 0) is 4.79 Å². The van der Waals surface area contributed by atoms with E-state index in [1.54, 1.807) is 0 Å². The molecule has 3 N–H and O–H groups in total. The quantitative estimate of drug-likeness (QED) is 0.353. The van der Waals surface area contributed by atoms with E-state index in [4.69, 9.17) is 5.84 Å². The summed E-state index contributed by atoms with van der Waals surface area (Å²) in [5.74, 6) is 4.74. The minimum absolute atomic E-state index is 0. The lowest BCUT2D eigenvalue weighted by Crippen LogP contribution is -2.29. The number of carbonyl (C=O) groups excluding carboxylic acids is 1. The Morgan fingerprint density at radius 1 is 1.67 bits per heavy atom. The zero-order valence-corrected chi connectivity index (χ0v) is 6.33. The predicted octanol–water partition coefficient (Wildman–Crippen LogP) is 0.588. The van der Waals surface area contributed by atoms with Gasteiger partial charge >= 0.3 is 0 Å². The van der Waals surface area contributed by atoms with Gasteiger partial charge in [0.1, 0.15) is 0 Å². The van der Waals surface area contributed by atoms with Gasteiger partial charge in [0.25, 0.3) is 0 Å². The van der Waals surface area contributed by atoms with Crippen LogP contribution in [0.3, 0.4) is 0 Å². The van der Waals surface area contributed by atoms with Crippen LogP contribution < -0.4 is 11.3 Å². The van der Waals surface area contributed by atoms with Crippen molar-refractivity contribution in [3.05, 3.63) is 0 Å². The zero-order chi connectivity index (χ0) is 6.41. The van der Waals surface area contributed by atoms with E-state index in [2.05, 4.69) is 5.43 Å². The SMILES string of the molecule is CCCCC(=O)NN.Cl. The summed E-state index contributed by atoms with van der Waals surface area (Å²) in [5.41, 5.74) is 2.06. The fourth-order valence-electron chi connectivity index (χ4n) is 0.410. The third-order valence-electron chi connectivity index (χ3n) is 0.918. The maximum absolute atomic E-state index is 10.3. The normalized spacial score (nSPS) is 7.78. The highest BCUT2D eigenvalue weighted by atomic mass is 35.5. The van der Waals surface area contributed by atoms with Crippen LogP contribution in [0.15, 0.2) is 0 Å². The fraction of sp³-hybridized carbons (Fsp3) is 0.800. The van der Waals surface area contributed by atoms with Gasteiger partial charge in [-0.3, -0.25) is 10.2 Å². The first-order valence-electron chi connectivity index (χ1n) is 2.80. The number of nitrogens with two attached hydrogens (primary N) is 1. The van der Waals surface area contributed by atoms with Gasteiger partial charge < -0.3 is 0 Å². The molecule has 0 aliphatic heterocycles. The molecule has 4 heteroatoms. The third-order valence-corrected chi connectivity index (χ3v) is 0.918. The van der Waals surface area contributed by atoms with Crippen molar-refractivity contribution in [3.63, 3.8) is 0 Å². The molecule has 0 heterocycles. The minimum atomic E-state index is -0.0770. The molecule has 0 aromatic heterocycles. The van der Waals surface area contributed by atoms with Crippen LogP contribution in [0.1, 0.15) is 26.2 Å². The number of nitrogens with one attached hydrogen (secondary N) is 1. The number of unbranched alkanes of at least 4 members (excludes halogenated alkanes) is 1. The number of amides is 1. The molecule has 0 bridgehead atoms. The van der Waals surface area contributed by atoms with E-state index in [1.165, 1.54) is 0 Å². The first-order valence-corrected chi connectivity index (χ1v) is 2.80. The summed E-state index contributed by atoms with van der Waals surface area (Å²) in [6, 6.07) is 0. The largest absolute Gasteiger partial charge is 0.294 e. The van der Waals surface area contributed by atoms with Gasteiger partial charge in [0.15, 0.2) is 0 Å². The minimum Gasteiger partial charge on any atom is -0.294 e. The topological polar surface area (TPSA) is 55.1 Å². The van der Waals surface area contributed by atoms with E-state index in [1.807, 2.05) is 6.92 Å². The summed E-state index contributed by atoms with van der Waals surface area (Å²) in [6.07, 6.45) is 2.50. The molecule has 0 aromatic rings. The second-order valence-electron chi connectivity index (χ2n) is 1.67. The molecule has 9 heavy (non-hydrogen) atoms. The highest BCUT2D eigenvalue weighted by Crippen LogP contribution is 1.91. The molecular formula is C5H13ClN2O. The van der Waals surface area contributed by atoms with Gasteiger partial charge in [-0.1, -0.05) is 13.3 Å². The standard InChI is InChI=1S/C5H12N2O.ClH/c1-2-3-4-5(8)7-6;/h2-4,6H2,1H3,(H,7,8);1H. The van der Waals surface area contributed by atoms with Gasteiger partial charge in [-0.05, 0) is 6.42 Å². The number of hydrogen-bond donors (Lipinski definition) is 2. The number of hydrogen-bond acceptors (Lipinski definition) is 2. The molecule has 0 aliphatic rings. The van der Waals surface area contributed by atoms with E-state index in [9.17, 15) is 4.79 Å². The molecule has 1 amide bonds. The average molecular weight is 153 g/mol. The smallest absolute Gasteiger partial charge is 0.233 e. The molecule has 0 aliphatic carbocycles. The van der Waals surface area contributed by atoms with E-state index in [-0.39, 0.29) is 18.3 Å². The molecule has 0 unspecified atom stereocenters. The number of hydrazine groups is 1. The van der Waals surface area contributed by atoms with Gasteiger partial charge in [-0.25, -0.2) is 5.84 Å². The van der Waals surface area contributed by atoms with Crippen molar-refractivity contribution in [1.29, 1.82) is 0 Å². The maximum Gasteiger partial charge on any atom is 0.233 e. The highest BCUT2D eigenvalue weighted by Gasteiger charge is 1.93. The predicted molar refractivity (Wildman–Crippen MR) is 39.1 cm³/mol. The molecule has 0 radical (unpaired) electrons. The summed E-state index contributed by atoms with van der Waals surface area (Å²) in [4.78, 5) is 10.3. The lowest BCUT2D eigenvalue weighted by atomic mass is 10.2. The van der Waals surface area contributed by atoms with Gasteiger partial charge in [-0.2, -0.15) is 0 Å². The Kier molecular flexibility index (Phi) is 9.87. The van der Waals surface area contributed by atoms with E-state index in [0.29, 0.717) is 6.42 Å². The first-order chi connectivity index (χ1) is 3.81. The van der Waals surface area contributed by atoms with Gasteiger partial charge in [-0.15, -0.1) is 12.4 Å². The van der Waals surface area contributed by atoms with Crippen LogP contribution in [0.2, 0.25) is 0 Å². The molecule has 0 saturated heterocycles. The summed E-state index contributed by atoms with van der Waals surface area (Å²) in [7, 11) is 0. The van der Waals surface area contributed by atoms with Crippen LogP contribution in [0.4, 0.5) is 0 Å². The summed E-state index contributed by atoms with van der Waals surface area (Å²) in [5, 5.41) is 0. The van der Waals surface area contributed by atoms with E-state index >= 15 is 0 Å². The summed E-state index contributed by atoms with van der Waals surface area (Å²) >= 11 is 0. The average Bonchev–Trinajstić information content (AvgIpc) is 1.83. The first kappa shape index (κ1) is 11.5. The number of rotatable bonds is 3. The summed E-state index contributed by atoms with van der Waals surface area (Å²) in [6.45, 7) is 2.03. The van der Waals surface area contributed by atoms with Crippen LogP contribution >= 0.6 is 12.4 Å².